The number of alkyl halides is 3. The van der Waals surface area contributed by atoms with Crippen LogP contribution in [0.2, 0.25) is 0 Å². The molecule has 0 aromatic heterocycles. The van der Waals surface area contributed by atoms with E-state index in [1.165, 1.54) is 44.2 Å². The van der Waals surface area contributed by atoms with Crippen LogP contribution in [0.25, 0.3) is 0 Å². The number of rotatable bonds is 9. The Balaban J connectivity index is 1.94. The van der Waals surface area contributed by atoms with E-state index in [1.54, 1.807) is 0 Å². The van der Waals surface area contributed by atoms with Crippen molar-refractivity contribution in [2.24, 2.45) is 5.73 Å². The van der Waals surface area contributed by atoms with Gasteiger partial charge in [-0.25, -0.2) is 0 Å². The summed E-state index contributed by atoms with van der Waals surface area (Å²) in [5, 5.41) is 0. The molecule has 0 saturated carbocycles. The van der Waals surface area contributed by atoms with Crippen LogP contribution in [0.4, 0.5) is 13.2 Å². The second kappa shape index (κ2) is 11.7. The van der Waals surface area contributed by atoms with E-state index in [9.17, 15) is 13.2 Å². The number of halogens is 3. The van der Waals surface area contributed by atoms with Crippen LogP contribution in [0, 0.1) is 11.8 Å². The lowest BCUT2D eigenvalue weighted by Gasteiger charge is -2.15. The fraction of sp³-hybridized carbons (Fsp3) is 0.440. The van der Waals surface area contributed by atoms with E-state index in [-0.39, 0.29) is 6.04 Å². The van der Waals surface area contributed by atoms with Crippen molar-refractivity contribution < 1.29 is 13.2 Å². The largest absolute Gasteiger partial charge is 0.416 e. The van der Waals surface area contributed by atoms with E-state index >= 15 is 0 Å². The molecule has 0 aliphatic rings. The van der Waals surface area contributed by atoms with Gasteiger partial charge in [-0.3, -0.25) is 0 Å². The van der Waals surface area contributed by atoms with Gasteiger partial charge in [-0.1, -0.05) is 81.2 Å². The minimum absolute atomic E-state index is 0.376. The smallest absolute Gasteiger partial charge is 0.324 e. The molecule has 0 heterocycles. The van der Waals surface area contributed by atoms with E-state index < -0.39 is 11.7 Å². The lowest BCUT2D eigenvalue weighted by Crippen LogP contribution is -2.14. The molecule has 0 bridgehead atoms. The average Bonchev–Trinajstić information content (AvgIpc) is 2.70. The van der Waals surface area contributed by atoms with Crippen LogP contribution in [0.1, 0.15) is 80.2 Å². The van der Waals surface area contributed by atoms with Gasteiger partial charge in [0.25, 0.3) is 0 Å². The zero-order valence-electron chi connectivity index (χ0n) is 17.1. The minimum atomic E-state index is -4.33. The standard InChI is InChI=1S/C25H30F3N/c1-2-3-4-5-6-7-8-9-12-20-13-10-11-14-22(20)19-24(29)21-15-17-23(18-16-21)25(26,27)28/h10-11,13-18,24H,2-8,19,29H2,1H3. The van der Waals surface area contributed by atoms with Gasteiger partial charge in [0.05, 0.1) is 5.56 Å². The third-order valence-electron chi connectivity index (χ3n) is 5.00. The first-order chi connectivity index (χ1) is 13.9. The summed E-state index contributed by atoms with van der Waals surface area (Å²) in [6, 6.07) is 12.6. The monoisotopic (exact) mass is 401 g/mol. The lowest BCUT2D eigenvalue weighted by atomic mass is 9.95. The van der Waals surface area contributed by atoms with Crippen molar-refractivity contribution in [1.82, 2.24) is 0 Å². The average molecular weight is 402 g/mol. The van der Waals surface area contributed by atoms with Gasteiger partial charge in [-0.15, -0.1) is 0 Å². The molecule has 1 atom stereocenters. The number of unbranched alkanes of at least 4 members (excludes halogenated alkanes) is 6. The predicted octanol–water partition coefficient (Wildman–Crippen LogP) is 7.05. The Bertz CT molecular complexity index is 797. The quantitative estimate of drug-likeness (QED) is 0.353. The molecule has 29 heavy (non-hydrogen) atoms. The first-order valence-corrected chi connectivity index (χ1v) is 10.4. The van der Waals surface area contributed by atoms with E-state index in [2.05, 4.69) is 18.8 Å². The molecule has 0 saturated heterocycles. The van der Waals surface area contributed by atoms with Crippen molar-refractivity contribution in [3.05, 3.63) is 70.8 Å². The van der Waals surface area contributed by atoms with Crippen molar-refractivity contribution in [2.45, 2.75) is 70.5 Å². The fourth-order valence-electron chi connectivity index (χ4n) is 3.25. The molecule has 1 nitrogen and oxygen atoms in total. The van der Waals surface area contributed by atoms with Crippen LogP contribution in [0.15, 0.2) is 48.5 Å². The van der Waals surface area contributed by atoms with Crippen LogP contribution in [-0.4, -0.2) is 0 Å². The van der Waals surface area contributed by atoms with Gasteiger partial charge in [0.15, 0.2) is 0 Å². The molecule has 0 fully saturated rings. The summed E-state index contributed by atoms with van der Waals surface area (Å²) in [7, 11) is 0. The summed E-state index contributed by atoms with van der Waals surface area (Å²) in [4.78, 5) is 0. The van der Waals surface area contributed by atoms with Crippen LogP contribution in [0.3, 0.4) is 0 Å². The van der Waals surface area contributed by atoms with Gasteiger partial charge < -0.3 is 5.73 Å². The Morgan fingerprint density at radius 2 is 1.55 bits per heavy atom. The molecule has 2 aromatic rings. The summed E-state index contributed by atoms with van der Waals surface area (Å²) < 4.78 is 38.2. The molecule has 156 valence electrons. The van der Waals surface area contributed by atoms with Crippen LogP contribution in [-0.2, 0) is 12.6 Å². The fourth-order valence-corrected chi connectivity index (χ4v) is 3.25. The molecule has 1 unspecified atom stereocenters. The Labute approximate surface area is 172 Å². The van der Waals surface area contributed by atoms with Crippen LogP contribution in [0.5, 0.6) is 0 Å². The highest BCUT2D eigenvalue weighted by atomic mass is 19.4. The second-order valence-corrected chi connectivity index (χ2v) is 7.41. The second-order valence-electron chi connectivity index (χ2n) is 7.41. The molecule has 0 amide bonds. The molecule has 2 N–H and O–H groups in total. The van der Waals surface area contributed by atoms with Gasteiger partial charge in [-0.2, -0.15) is 13.2 Å². The third-order valence-corrected chi connectivity index (χ3v) is 5.00. The third kappa shape index (κ3) is 7.95. The first kappa shape index (κ1) is 23.0. The molecule has 2 rings (SSSR count). The van der Waals surface area contributed by atoms with Gasteiger partial charge in [0.1, 0.15) is 0 Å². The molecular formula is C25H30F3N. The van der Waals surface area contributed by atoms with Crippen LogP contribution < -0.4 is 5.73 Å². The predicted molar refractivity (Wildman–Crippen MR) is 113 cm³/mol. The van der Waals surface area contributed by atoms with E-state index in [0.717, 1.165) is 36.1 Å². The van der Waals surface area contributed by atoms with Gasteiger partial charge in [0, 0.05) is 18.0 Å². The Hall–Kier alpha value is -2.25. The zero-order valence-corrected chi connectivity index (χ0v) is 17.1. The number of nitrogens with two attached hydrogens (primary N) is 1. The van der Waals surface area contributed by atoms with E-state index in [0.29, 0.717) is 12.0 Å². The van der Waals surface area contributed by atoms with E-state index in [4.69, 9.17) is 5.73 Å². The molecular weight excluding hydrogens is 371 g/mol. The topological polar surface area (TPSA) is 26.0 Å². The Kier molecular flexibility index (Phi) is 9.28. The highest BCUT2D eigenvalue weighted by molar-refractivity contribution is 5.42. The number of benzene rings is 2. The molecule has 2 aromatic carbocycles. The van der Waals surface area contributed by atoms with Gasteiger partial charge in [-0.05, 0) is 42.2 Å². The molecule has 0 aliphatic carbocycles. The Morgan fingerprint density at radius 3 is 2.24 bits per heavy atom. The van der Waals surface area contributed by atoms with Crippen LogP contribution >= 0.6 is 0 Å². The highest BCUT2D eigenvalue weighted by Crippen LogP contribution is 2.30. The van der Waals surface area contributed by atoms with Crippen molar-refractivity contribution in [2.75, 3.05) is 0 Å². The highest BCUT2D eigenvalue weighted by Gasteiger charge is 2.30. The van der Waals surface area contributed by atoms with Crippen molar-refractivity contribution in [3.63, 3.8) is 0 Å². The maximum absolute atomic E-state index is 12.7. The number of hydrogen-bond acceptors (Lipinski definition) is 1. The molecule has 0 aliphatic heterocycles. The summed E-state index contributed by atoms with van der Waals surface area (Å²) in [5.41, 5.74) is 8.26. The van der Waals surface area contributed by atoms with Gasteiger partial charge >= 0.3 is 6.18 Å². The van der Waals surface area contributed by atoms with Crippen molar-refractivity contribution >= 4 is 0 Å². The van der Waals surface area contributed by atoms with Crippen molar-refractivity contribution in [3.8, 4) is 11.8 Å². The molecule has 4 heteroatoms. The normalized spacial score (nSPS) is 12.3. The van der Waals surface area contributed by atoms with E-state index in [1.807, 2.05) is 24.3 Å². The zero-order chi connectivity index (χ0) is 21.1. The summed E-state index contributed by atoms with van der Waals surface area (Å²) in [6.45, 7) is 2.21. The summed E-state index contributed by atoms with van der Waals surface area (Å²) >= 11 is 0. The summed E-state index contributed by atoms with van der Waals surface area (Å²) in [5.74, 6) is 6.50. The summed E-state index contributed by atoms with van der Waals surface area (Å²) in [6.07, 6.45) is 4.55. The first-order valence-electron chi connectivity index (χ1n) is 10.4. The maximum atomic E-state index is 12.7. The SMILES string of the molecule is CCCCCCCCC#Cc1ccccc1CC(N)c1ccc(C(F)(F)F)cc1. The van der Waals surface area contributed by atoms with Crippen molar-refractivity contribution in [1.29, 1.82) is 0 Å². The van der Waals surface area contributed by atoms with Gasteiger partial charge in [0.2, 0.25) is 0 Å². The lowest BCUT2D eigenvalue weighted by molar-refractivity contribution is -0.137. The molecule has 0 radical (unpaired) electrons. The minimum Gasteiger partial charge on any atom is -0.324 e. The molecule has 0 spiro atoms. The Morgan fingerprint density at radius 1 is 0.897 bits per heavy atom. The maximum Gasteiger partial charge on any atom is 0.416 e. The number of hydrogen-bond donors (Lipinski definition) is 1.